The second-order valence-corrected chi connectivity index (χ2v) is 4.50. The molecule has 0 aromatic carbocycles. The molecule has 0 aliphatic carbocycles. The minimum absolute atomic E-state index is 0.259. The standard InChI is InChI=1S/C12H19NO4/c1-5-6-7-8-9(10(14)15)13-11(16)17-12(2,3)4/h9H,7-8H2,1-4H3,(H,13,16)(H,14,15)/t9-/m1/s1. The van der Waals surface area contributed by atoms with E-state index in [1.54, 1.807) is 27.7 Å². The number of ether oxygens (including phenoxy) is 1. The number of alkyl carbamates (subject to hydrolysis) is 1. The third kappa shape index (κ3) is 8.14. The summed E-state index contributed by atoms with van der Waals surface area (Å²) >= 11 is 0. The molecule has 2 N–H and O–H groups in total. The molecular weight excluding hydrogens is 222 g/mol. The molecule has 0 unspecified atom stereocenters. The lowest BCUT2D eigenvalue weighted by Crippen LogP contribution is -2.43. The Morgan fingerprint density at radius 3 is 2.41 bits per heavy atom. The molecule has 0 aromatic rings. The molecule has 0 bridgehead atoms. The van der Waals surface area contributed by atoms with Crippen LogP contribution in [0.25, 0.3) is 0 Å². The topological polar surface area (TPSA) is 75.6 Å². The van der Waals surface area contributed by atoms with Crippen molar-refractivity contribution in [1.82, 2.24) is 5.32 Å². The molecule has 0 aromatic heterocycles. The minimum atomic E-state index is -1.09. The summed E-state index contributed by atoms with van der Waals surface area (Å²) < 4.78 is 4.98. The predicted octanol–water partition coefficient (Wildman–Crippen LogP) is 1.77. The van der Waals surface area contributed by atoms with Gasteiger partial charge in [-0.2, -0.15) is 0 Å². The summed E-state index contributed by atoms with van der Waals surface area (Å²) in [5.74, 6) is 4.33. The summed E-state index contributed by atoms with van der Waals surface area (Å²) in [7, 11) is 0. The van der Waals surface area contributed by atoms with Gasteiger partial charge < -0.3 is 15.2 Å². The molecule has 0 spiro atoms. The molecule has 5 heteroatoms. The number of carboxylic acid groups (broad SMARTS) is 1. The maximum atomic E-state index is 11.4. The van der Waals surface area contributed by atoms with Gasteiger partial charge in [-0.05, 0) is 34.1 Å². The molecule has 0 rings (SSSR count). The number of hydrogen-bond donors (Lipinski definition) is 2. The van der Waals surface area contributed by atoms with Gasteiger partial charge in [0.15, 0.2) is 0 Å². The van der Waals surface area contributed by atoms with Crippen LogP contribution in [-0.4, -0.2) is 28.8 Å². The first-order valence-corrected chi connectivity index (χ1v) is 5.38. The average molecular weight is 241 g/mol. The highest BCUT2D eigenvalue weighted by Crippen LogP contribution is 2.07. The predicted molar refractivity (Wildman–Crippen MR) is 63.5 cm³/mol. The second-order valence-electron chi connectivity index (χ2n) is 4.50. The summed E-state index contributed by atoms with van der Waals surface area (Å²) in [6.45, 7) is 6.82. The Balaban J connectivity index is 4.28. The highest BCUT2D eigenvalue weighted by atomic mass is 16.6. The number of nitrogens with one attached hydrogen (secondary N) is 1. The zero-order valence-electron chi connectivity index (χ0n) is 10.7. The zero-order valence-corrected chi connectivity index (χ0v) is 10.7. The minimum Gasteiger partial charge on any atom is -0.480 e. The van der Waals surface area contributed by atoms with Crippen LogP contribution in [0.4, 0.5) is 4.79 Å². The highest BCUT2D eigenvalue weighted by Gasteiger charge is 2.23. The molecule has 0 aliphatic heterocycles. The van der Waals surface area contributed by atoms with Crippen LogP contribution in [0.5, 0.6) is 0 Å². The maximum absolute atomic E-state index is 11.4. The molecule has 0 saturated heterocycles. The smallest absolute Gasteiger partial charge is 0.408 e. The monoisotopic (exact) mass is 241 g/mol. The van der Waals surface area contributed by atoms with Crippen molar-refractivity contribution in [1.29, 1.82) is 0 Å². The van der Waals surface area contributed by atoms with Crippen LogP contribution >= 0.6 is 0 Å². The van der Waals surface area contributed by atoms with Gasteiger partial charge in [-0.3, -0.25) is 0 Å². The van der Waals surface area contributed by atoms with E-state index >= 15 is 0 Å². The van der Waals surface area contributed by atoms with Crippen LogP contribution < -0.4 is 5.32 Å². The highest BCUT2D eigenvalue weighted by molar-refractivity contribution is 5.79. The Morgan fingerprint density at radius 1 is 1.41 bits per heavy atom. The fraction of sp³-hybridized carbons (Fsp3) is 0.667. The molecule has 96 valence electrons. The van der Waals surface area contributed by atoms with Crippen molar-refractivity contribution in [2.24, 2.45) is 0 Å². The number of aliphatic carboxylic acids is 1. The maximum Gasteiger partial charge on any atom is 0.408 e. The molecular formula is C12H19NO4. The number of rotatable bonds is 4. The van der Waals surface area contributed by atoms with E-state index in [1.165, 1.54) is 0 Å². The van der Waals surface area contributed by atoms with Gasteiger partial charge in [-0.25, -0.2) is 9.59 Å². The Kier molecular flexibility index (Phi) is 6.11. The molecule has 0 heterocycles. The zero-order chi connectivity index (χ0) is 13.5. The van der Waals surface area contributed by atoms with Crippen LogP contribution in [0.15, 0.2) is 0 Å². The molecule has 1 atom stereocenters. The van der Waals surface area contributed by atoms with E-state index in [4.69, 9.17) is 9.84 Å². The van der Waals surface area contributed by atoms with Crippen molar-refractivity contribution >= 4 is 12.1 Å². The first-order chi connectivity index (χ1) is 7.76. The normalized spacial score (nSPS) is 12.0. The SMILES string of the molecule is CC#CCC[C@@H](NC(=O)OC(C)(C)C)C(=O)O. The Labute approximate surface area is 102 Å². The van der Waals surface area contributed by atoms with Gasteiger partial charge in [0.25, 0.3) is 0 Å². The summed E-state index contributed by atoms with van der Waals surface area (Å²) in [6, 6.07) is -0.967. The van der Waals surface area contributed by atoms with Gasteiger partial charge in [0.2, 0.25) is 0 Å². The summed E-state index contributed by atoms with van der Waals surface area (Å²) in [5.41, 5.74) is -0.642. The number of carbonyl (C=O) groups is 2. The van der Waals surface area contributed by atoms with Crippen molar-refractivity contribution < 1.29 is 19.4 Å². The fourth-order valence-corrected chi connectivity index (χ4v) is 1.05. The van der Waals surface area contributed by atoms with Crippen molar-refractivity contribution in [2.45, 2.75) is 52.2 Å². The van der Waals surface area contributed by atoms with Crippen molar-refractivity contribution in [3.05, 3.63) is 0 Å². The largest absolute Gasteiger partial charge is 0.480 e. The van der Waals surface area contributed by atoms with E-state index in [1.807, 2.05) is 0 Å². The van der Waals surface area contributed by atoms with Crippen molar-refractivity contribution in [2.75, 3.05) is 0 Å². The summed E-state index contributed by atoms with van der Waals surface area (Å²) in [6.07, 6.45) is -0.0482. The average Bonchev–Trinajstić information content (AvgIpc) is 2.13. The van der Waals surface area contributed by atoms with Gasteiger partial charge in [-0.15, -0.1) is 11.8 Å². The first kappa shape index (κ1) is 15.3. The Morgan fingerprint density at radius 2 is 2.00 bits per heavy atom. The second kappa shape index (κ2) is 6.79. The Bertz CT molecular complexity index is 333. The van der Waals surface area contributed by atoms with Crippen molar-refractivity contribution in [3.63, 3.8) is 0 Å². The van der Waals surface area contributed by atoms with E-state index < -0.39 is 23.7 Å². The van der Waals surface area contributed by atoms with Crippen LogP contribution in [0, 0.1) is 11.8 Å². The third-order valence-electron chi connectivity index (χ3n) is 1.72. The number of hydrogen-bond acceptors (Lipinski definition) is 3. The number of carbonyl (C=O) groups excluding carboxylic acids is 1. The lowest BCUT2D eigenvalue weighted by atomic mass is 10.1. The van der Waals surface area contributed by atoms with Gasteiger partial charge >= 0.3 is 12.1 Å². The first-order valence-electron chi connectivity index (χ1n) is 5.38. The van der Waals surface area contributed by atoms with Gasteiger partial charge in [0.05, 0.1) is 0 Å². The van der Waals surface area contributed by atoms with E-state index in [2.05, 4.69) is 17.2 Å². The number of carboxylic acids is 1. The van der Waals surface area contributed by atoms with Crippen LogP contribution in [0.2, 0.25) is 0 Å². The quantitative estimate of drug-likeness (QED) is 0.735. The fourth-order valence-electron chi connectivity index (χ4n) is 1.05. The van der Waals surface area contributed by atoms with Crippen LogP contribution in [0.3, 0.4) is 0 Å². The van der Waals surface area contributed by atoms with Gasteiger partial charge in [-0.1, -0.05) is 0 Å². The van der Waals surface area contributed by atoms with Crippen LogP contribution in [0.1, 0.15) is 40.5 Å². The van der Waals surface area contributed by atoms with Gasteiger partial charge in [0, 0.05) is 6.42 Å². The third-order valence-corrected chi connectivity index (χ3v) is 1.72. The lowest BCUT2D eigenvalue weighted by Gasteiger charge is -2.21. The van der Waals surface area contributed by atoms with E-state index in [0.717, 1.165) is 0 Å². The molecule has 0 aliphatic rings. The summed E-state index contributed by atoms with van der Waals surface area (Å²) in [5, 5.41) is 11.2. The summed E-state index contributed by atoms with van der Waals surface area (Å²) in [4.78, 5) is 22.2. The van der Waals surface area contributed by atoms with E-state index in [-0.39, 0.29) is 6.42 Å². The number of amides is 1. The van der Waals surface area contributed by atoms with Crippen LogP contribution in [-0.2, 0) is 9.53 Å². The van der Waals surface area contributed by atoms with Crippen molar-refractivity contribution in [3.8, 4) is 11.8 Å². The lowest BCUT2D eigenvalue weighted by molar-refractivity contribution is -0.139. The molecule has 17 heavy (non-hydrogen) atoms. The molecule has 0 fully saturated rings. The molecule has 1 amide bonds. The Hall–Kier alpha value is -1.70. The van der Waals surface area contributed by atoms with E-state index in [0.29, 0.717) is 6.42 Å². The van der Waals surface area contributed by atoms with Gasteiger partial charge in [0.1, 0.15) is 11.6 Å². The molecule has 0 saturated carbocycles. The molecule has 5 nitrogen and oxygen atoms in total. The molecule has 0 radical (unpaired) electrons. The van der Waals surface area contributed by atoms with E-state index in [9.17, 15) is 9.59 Å².